The van der Waals surface area contributed by atoms with Gasteiger partial charge in [-0.05, 0) is 37.3 Å². The van der Waals surface area contributed by atoms with Crippen LogP contribution in [0.4, 0.5) is 0 Å². The Labute approximate surface area is 126 Å². The summed E-state index contributed by atoms with van der Waals surface area (Å²) in [5, 5.41) is 0. The van der Waals surface area contributed by atoms with Crippen molar-refractivity contribution in [2.75, 3.05) is 32.8 Å². The minimum absolute atomic E-state index is 0.0754. The maximum absolute atomic E-state index is 6.10. The molecule has 1 atom stereocenters. The van der Waals surface area contributed by atoms with E-state index < -0.39 is 0 Å². The average Bonchev–Trinajstić information content (AvgIpc) is 2.84. The Kier molecular flexibility index (Phi) is 3.59. The topological polar surface area (TPSA) is 34.6 Å². The minimum Gasteiger partial charge on any atom is -0.492 e. The molecule has 2 saturated heterocycles. The van der Waals surface area contributed by atoms with Crippen molar-refractivity contribution in [3.8, 4) is 5.75 Å². The summed E-state index contributed by atoms with van der Waals surface area (Å²) in [4.78, 5) is 6.67. The number of aromatic nitrogens is 1. The molecule has 21 heavy (non-hydrogen) atoms. The second-order valence-corrected chi connectivity index (χ2v) is 6.87. The predicted octanol–water partition coefficient (Wildman–Crippen LogP) is 2.35. The molecule has 3 fully saturated rings. The van der Waals surface area contributed by atoms with Crippen LogP contribution in [0.1, 0.15) is 25.7 Å². The number of pyridine rings is 1. The third-order valence-electron chi connectivity index (χ3n) is 5.41. The monoisotopic (exact) mass is 288 g/mol. The van der Waals surface area contributed by atoms with E-state index in [0.29, 0.717) is 5.92 Å². The van der Waals surface area contributed by atoms with Crippen molar-refractivity contribution >= 4 is 0 Å². The molecule has 0 unspecified atom stereocenters. The third kappa shape index (κ3) is 2.67. The van der Waals surface area contributed by atoms with Crippen LogP contribution in [0, 0.1) is 11.8 Å². The maximum atomic E-state index is 6.10. The number of hydrogen-bond donors (Lipinski definition) is 0. The van der Waals surface area contributed by atoms with E-state index in [9.17, 15) is 0 Å². The fraction of sp³-hybridized carbons (Fsp3) is 0.706. The fourth-order valence-corrected chi connectivity index (χ4v) is 3.88. The molecule has 3 aliphatic rings. The summed E-state index contributed by atoms with van der Waals surface area (Å²) < 4.78 is 12.0. The normalized spacial score (nSPS) is 28.3. The van der Waals surface area contributed by atoms with Crippen LogP contribution in [0.25, 0.3) is 0 Å². The first-order valence-corrected chi connectivity index (χ1v) is 8.23. The summed E-state index contributed by atoms with van der Waals surface area (Å²) in [5.74, 6) is 2.34. The molecule has 1 aromatic heterocycles. The largest absolute Gasteiger partial charge is 0.492 e. The summed E-state index contributed by atoms with van der Waals surface area (Å²) in [5.41, 5.74) is 0.0754. The van der Waals surface area contributed by atoms with Gasteiger partial charge in [0.05, 0.1) is 18.4 Å². The molecule has 3 heterocycles. The fourth-order valence-electron chi connectivity index (χ4n) is 3.88. The van der Waals surface area contributed by atoms with Crippen LogP contribution in [0.15, 0.2) is 24.5 Å². The molecule has 0 aromatic carbocycles. The van der Waals surface area contributed by atoms with Gasteiger partial charge in [-0.3, -0.25) is 9.88 Å². The van der Waals surface area contributed by atoms with Crippen molar-refractivity contribution in [3.05, 3.63) is 24.5 Å². The smallest absolute Gasteiger partial charge is 0.137 e. The predicted molar refractivity (Wildman–Crippen MR) is 80.3 cm³/mol. The lowest BCUT2D eigenvalue weighted by atomic mass is 9.78. The van der Waals surface area contributed by atoms with Gasteiger partial charge in [0.1, 0.15) is 5.75 Å². The lowest BCUT2D eigenvalue weighted by Crippen LogP contribution is -2.66. The van der Waals surface area contributed by atoms with Crippen LogP contribution in [-0.2, 0) is 4.74 Å². The highest BCUT2D eigenvalue weighted by Crippen LogP contribution is 2.41. The molecular weight excluding hydrogens is 264 g/mol. The zero-order valence-electron chi connectivity index (χ0n) is 12.5. The van der Waals surface area contributed by atoms with E-state index in [0.717, 1.165) is 44.4 Å². The van der Waals surface area contributed by atoms with E-state index in [1.807, 2.05) is 12.1 Å². The van der Waals surface area contributed by atoms with Gasteiger partial charge in [-0.2, -0.15) is 0 Å². The van der Waals surface area contributed by atoms with Gasteiger partial charge < -0.3 is 9.47 Å². The first-order valence-electron chi connectivity index (χ1n) is 8.23. The Morgan fingerprint density at radius 1 is 1.33 bits per heavy atom. The number of likely N-dealkylation sites (tertiary alicyclic amines) is 1. The van der Waals surface area contributed by atoms with Gasteiger partial charge >= 0.3 is 0 Å². The number of nitrogens with zero attached hydrogens (tertiary/aromatic N) is 2. The number of rotatable bonds is 5. The summed E-state index contributed by atoms with van der Waals surface area (Å²) in [6.07, 6.45) is 8.97. The van der Waals surface area contributed by atoms with Gasteiger partial charge in [0.2, 0.25) is 0 Å². The quantitative estimate of drug-likeness (QED) is 0.833. The molecule has 4 nitrogen and oxygen atoms in total. The van der Waals surface area contributed by atoms with Crippen molar-refractivity contribution in [1.82, 2.24) is 9.88 Å². The highest BCUT2D eigenvalue weighted by molar-refractivity contribution is 5.16. The second-order valence-electron chi connectivity index (χ2n) is 6.87. The first kappa shape index (κ1) is 13.5. The van der Waals surface area contributed by atoms with E-state index >= 15 is 0 Å². The second kappa shape index (κ2) is 5.58. The SMILES string of the molecule is c1cncc(OC[C@H]2CCOC23CN(CC2CCC2)C3)c1. The van der Waals surface area contributed by atoms with Crippen LogP contribution >= 0.6 is 0 Å². The average molecular weight is 288 g/mol. The summed E-state index contributed by atoms with van der Waals surface area (Å²) in [6.45, 7) is 5.12. The van der Waals surface area contributed by atoms with E-state index in [4.69, 9.17) is 9.47 Å². The zero-order valence-corrected chi connectivity index (χ0v) is 12.5. The van der Waals surface area contributed by atoms with Crippen LogP contribution < -0.4 is 4.74 Å². The Morgan fingerprint density at radius 3 is 2.95 bits per heavy atom. The van der Waals surface area contributed by atoms with Crippen LogP contribution in [-0.4, -0.2) is 48.3 Å². The highest BCUT2D eigenvalue weighted by atomic mass is 16.5. The molecule has 0 radical (unpaired) electrons. The third-order valence-corrected chi connectivity index (χ3v) is 5.41. The van der Waals surface area contributed by atoms with Crippen molar-refractivity contribution in [3.63, 3.8) is 0 Å². The number of hydrogen-bond acceptors (Lipinski definition) is 4. The Balaban J connectivity index is 1.29. The van der Waals surface area contributed by atoms with E-state index in [1.54, 1.807) is 12.4 Å². The molecule has 0 bridgehead atoms. The lowest BCUT2D eigenvalue weighted by Gasteiger charge is -2.51. The molecular formula is C17H24N2O2. The van der Waals surface area contributed by atoms with Gasteiger partial charge in [-0.1, -0.05) is 6.42 Å². The van der Waals surface area contributed by atoms with Gasteiger partial charge in [0, 0.05) is 38.4 Å². The molecule has 114 valence electrons. The Bertz CT molecular complexity index is 469. The van der Waals surface area contributed by atoms with Gasteiger partial charge in [-0.25, -0.2) is 0 Å². The van der Waals surface area contributed by atoms with E-state index in [2.05, 4.69) is 9.88 Å². The lowest BCUT2D eigenvalue weighted by molar-refractivity contribution is -0.143. The summed E-state index contributed by atoms with van der Waals surface area (Å²) in [6, 6.07) is 3.89. The molecule has 0 N–H and O–H groups in total. The van der Waals surface area contributed by atoms with Crippen molar-refractivity contribution in [1.29, 1.82) is 0 Å². The summed E-state index contributed by atoms with van der Waals surface area (Å²) >= 11 is 0. The van der Waals surface area contributed by atoms with Gasteiger partial charge in [0.25, 0.3) is 0 Å². The first-order chi connectivity index (χ1) is 10.3. The van der Waals surface area contributed by atoms with E-state index in [1.165, 1.54) is 25.8 Å². The van der Waals surface area contributed by atoms with Crippen molar-refractivity contribution < 1.29 is 9.47 Å². The minimum atomic E-state index is 0.0754. The number of ether oxygens (including phenoxy) is 2. The Morgan fingerprint density at radius 2 is 2.24 bits per heavy atom. The molecule has 1 aliphatic carbocycles. The van der Waals surface area contributed by atoms with E-state index in [-0.39, 0.29) is 5.60 Å². The van der Waals surface area contributed by atoms with Gasteiger partial charge in [0.15, 0.2) is 0 Å². The zero-order chi connectivity index (χ0) is 14.1. The van der Waals surface area contributed by atoms with Gasteiger partial charge in [-0.15, -0.1) is 0 Å². The standard InChI is InChI=1S/C17H24N2O2/c1-3-14(4-1)10-19-12-17(13-19)15(6-8-21-17)11-20-16-5-2-7-18-9-16/h2,5,7,9,14-15H,1,3-4,6,8,10-13H2/t15-/m1/s1. The molecule has 0 amide bonds. The molecule has 1 aromatic rings. The molecule has 1 spiro atoms. The summed E-state index contributed by atoms with van der Waals surface area (Å²) in [7, 11) is 0. The van der Waals surface area contributed by atoms with Crippen LogP contribution in [0.3, 0.4) is 0 Å². The van der Waals surface area contributed by atoms with Crippen LogP contribution in [0.2, 0.25) is 0 Å². The Hall–Kier alpha value is -1.13. The molecule has 4 heteroatoms. The molecule has 4 rings (SSSR count). The highest BCUT2D eigenvalue weighted by Gasteiger charge is 2.53. The van der Waals surface area contributed by atoms with Crippen LogP contribution in [0.5, 0.6) is 5.75 Å². The maximum Gasteiger partial charge on any atom is 0.137 e. The van der Waals surface area contributed by atoms with Crippen molar-refractivity contribution in [2.45, 2.75) is 31.3 Å². The molecule has 2 aliphatic heterocycles. The molecule has 1 saturated carbocycles. The van der Waals surface area contributed by atoms with Crippen molar-refractivity contribution in [2.24, 2.45) is 11.8 Å².